The van der Waals surface area contributed by atoms with Gasteiger partial charge in [-0.15, -0.1) is 0 Å². The van der Waals surface area contributed by atoms with E-state index in [4.69, 9.17) is 0 Å². The van der Waals surface area contributed by atoms with Crippen LogP contribution in [-0.2, 0) is 6.54 Å². The molecular weight excluding hydrogens is 224 g/mol. The summed E-state index contributed by atoms with van der Waals surface area (Å²) in [7, 11) is 0. The van der Waals surface area contributed by atoms with Crippen LogP contribution in [0.15, 0.2) is 24.5 Å². The van der Waals surface area contributed by atoms with Crippen LogP contribution in [0.4, 0.5) is 0 Å². The molecule has 1 N–H and O–H groups in total. The van der Waals surface area contributed by atoms with Crippen LogP contribution in [0, 0.1) is 5.92 Å². The Morgan fingerprint density at radius 3 is 3.00 bits per heavy atom. The monoisotopic (exact) mass is 248 g/mol. The van der Waals surface area contributed by atoms with Crippen molar-refractivity contribution in [3.8, 4) is 0 Å². The highest BCUT2D eigenvalue weighted by molar-refractivity contribution is 5.09. The van der Waals surface area contributed by atoms with E-state index in [0.29, 0.717) is 12.5 Å². The zero-order chi connectivity index (χ0) is 13.0. The SMILES string of the molecule is CC1(C)C(CCO)CCCN1Cc1cccnc1. The highest BCUT2D eigenvalue weighted by Crippen LogP contribution is 2.36. The molecule has 0 bridgehead atoms. The van der Waals surface area contributed by atoms with Crippen molar-refractivity contribution in [1.29, 1.82) is 0 Å². The smallest absolute Gasteiger partial charge is 0.0434 e. The summed E-state index contributed by atoms with van der Waals surface area (Å²) in [4.78, 5) is 6.72. The van der Waals surface area contributed by atoms with Gasteiger partial charge in [-0.1, -0.05) is 6.07 Å². The summed E-state index contributed by atoms with van der Waals surface area (Å²) in [5.41, 5.74) is 1.44. The lowest BCUT2D eigenvalue weighted by Crippen LogP contribution is -2.52. The average molecular weight is 248 g/mol. The molecule has 1 atom stereocenters. The van der Waals surface area contributed by atoms with Gasteiger partial charge in [-0.05, 0) is 57.2 Å². The van der Waals surface area contributed by atoms with Gasteiger partial charge in [-0.25, -0.2) is 0 Å². The minimum Gasteiger partial charge on any atom is -0.396 e. The van der Waals surface area contributed by atoms with Crippen molar-refractivity contribution in [1.82, 2.24) is 9.88 Å². The van der Waals surface area contributed by atoms with E-state index in [1.807, 2.05) is 18.5 Å². The fourth-order valence-electron chi connectivity index (χ4n) is 3.08. The molecule has 0 amide bonds. The van der Waals surface area contributed by atoms with E-state index in [2.05, 4.69) is 29.8 Å². The van der Waals surface area contributed by atoms with Crippen molar-refractivity contribution in [2.75, 3.05) is 13.2 Å². The van der Waals surface area contributed by atoms with Crippen molar-refractivity contribution < 1.29 is 5.11 Å². The van der Waals surface area contributed by atoms with Gasteiger partial charge in [-0.3, -0.25) is 9.88 Å². The number of rotatable bonds is 4. The number of nitrogens with zero attached hydrogens (tertiary/aromatic N) is 2. The van der Waals surface area contributed by atoms with Crippen LogP contribution >= 0.6 is 0 Å². The standard InChI is InChI=1S/C15H24N2O/c1-15(2)14(7-10-18)6-4-9-17(15)12-13-5-3-8-16-11-13/h3,5,8,11,14,18H,4,6-7,9-10,12H2,1-2H3. The van der Waals surface area contributed by atoms with E-state index in [-0.39, 0.29) is 5.54 Å². The van der Waals surface area contributed by atoms with Crippen molar-refractivity contribution in [2.24, 2.45) is 5.92 Å². The summed E-state index contributed by atoms with van der Waals surface area (Å²) >= 11 is 0. The van der Waals surface area contributed by atoms with Crippen molar-refractivity contribution in [3.63, 3.8) is 0 Å². The summed E-state index contributed by atoms with van der Waals surface area (Å²) in [5.74, 6) is 0.591. The molecule has 1 unspecified atom stereocenters. The van der Waals surface area contributed by atoms with Crippen LogP contribution in [0.5, 0.6) is 0 Å². The Morgan fingerprint density at radius 1 is 1.50 bits per heavy atom. The third-order valence-electron chi connectivity index (χ3n) is 4.37. The maximum absolute atomic E-state index is 9.20. The lowest BCUT2D eigenvalue weighted by Gasteiger charge is -2.48. The molecule has 1 saturated heterocycles. The predicted molar refractivity (Wildman–Crippen MR) is 73.2 cm³/mol. The molecule has 1 fully saturated rings. The minimum absolute atomic E-state index is 0.164. The molecule has 1 aliphatic rings. The first-order chi connectivity index (χ1) is 8.64. The lowest BCUT2D eigenvalue weighted by atomic mass is 9.77. The third-order valence-corrected chi connectivity index (χ3v) is 4.37. The molecule has 100 valence electrons. The van der Waals surface area contributed by atoms with E-state index in [9.17, 15) is 5.11 Å². The van der Waals surface area contributed by atoms with E-state index in [1.54, 1.807) is 0 Å². The van der Waals surface area contributed by atoms with E-state index >= 15 is 0 Å². The second-order valence-corrected chi connectivity index (χ2v) is 5.79. The molecule has 1 aromatic rings. The highest BCUT2D eigenvalue weighted by atomic mass is 16.3. The molecule has 2 rings (SSSR count). The van der Waals surface area contributed by atoms with Gasteiger partial charge in [0.25, 0.3) is 0 Å². The number of aromatic nitrogens is 1. The molecule has 3 heteroatoms. The first kappa shape index (κ1) is 13.5. The number of piperidine rings is 1. The highest BCUT2D eigenvalue weighted by Gasteiger charge is 2.37. The van der Waals surface area contributed by atoms with E-state index < -0.39 is 0 Å². The van der Waals surface area contributed by atoms with Gasteiger partial charge in [0.05, 0.1) is 0 Å². The van der Waals surface area contributed by atoms with Crippen molar-refractivity contribution in [2.45, 2.75) is 45.2 Å². The molecule has 0 aromatic carbocycles. The molecule has 2 heterocycles. The molecular formula is C15H24N2O. The van der Waals surface area contributed by atoms with E-state index in [0.717, 1.165) is 19.5 Å². The third kappa shape index (κ3) is 2.90. The van der Waals surface area contributed by atoms with Crippen LogP contribution in [0.1, 0.15) is 38.7 Å². The van der Waals surface area contributed by atoms with Gasteiger partial charge in [0.1, 0.15) is 0 Å². The topological polar surface area (TPSA) is 36.4 Å². The molecule has 0 radical (unpaired) electrons. The summed E-state index contributed by atoms with van der Waals surface area (Å²) in [5, 5.41) is 9.20. The maximum atomic E-state index is 9.20. The second kappa shape index (κ2) is 5.81. The largest absolute Gasteiger partial charge is 0.396 e. The number of likely N-dealkylation sites (tertiary alicyclic amines) is 1. The predicted octanol–water partition coefficient (Wildman–Crippen LogP) is 2.45. The first-order valence-corrected chi connectivity index (χ1v) is 6.89. The van der Waals surface area contributed by atoms with Crippen molar-refractivity contribution >= 4 is 0 Å². The summed E-state index contributed by atoms with van der Waals surface area (Å²) < 4.78 is 0. The number of aliphatic hydroxyl groups excluding tert-OH is 1. The fraction of sp³-hybridized carbons (Fsp3) is 0.667. The molecule has 1 aliphatic heterocycles. The molecule has 18 heavy (non-hydrogen) atoms. The Labute approximate surface area is 110 Å². The molecule has 0 aliphatic carbocycles. The van der Waals surface area contributed by atoms with E-state index in [1.165, 1.54) is 18.4 Å². The number of hydrogen-bond donors (Lipinski definition) is 1. The Morgan fingerprint density at radius 2 is 2.33 bits per heavy atom. The van der Waals surface area contributed by atoms with Crippen LogP contribution < -0.4 is 0 Å². The van der Waals surface area contributed by atoms with Crippen molar-refractivity contribution in [3.05, 3.63) is 30.1 Å². The Balaban J connectivity index is 2.07. The summed E-state index contributed by atoms with van der Waals surface area (Å²) in [6.07, 6.45) is 7.15. The molecule has 0 spiro atoms. The maximum Gasteiger partial charge on any atom is 0.0434 e. The quantitative estimate of drug-likeness (QED) is 0.889. The summed E-state index contributed by atoms with van der Waals surface area (Å²) in [6, 6.07) is 4.14. The molecule has 0 saturated carbocycles. The zero-order valence-electron chi connectivity index (χ0n) is 11.5. The zero-order valence-corrected chi connectivity index (χ0v) is 11.5. The Hall–Kier alpha value is -0.930. The average Bonchev–Trinajstić information content (AvgIpc) is 2.36. The van der Waals surface area contributed by atoms with Crippen LogP contribution in [0.3, 0.4) is 0 Å². The Bertz CT molecular complexity index is 362. The molecule has 3 nitrogen and oxygen atoms in total. The Kier molecular flexibility index (Phi) is 4.36. The lowest BCUT2D eigenvalue weighted by molar-refractivity contribution is 0.00461. The number of aliphatic hydroxyl groups is 1. The van der Waals surface area contributed by atoms with Gasteiger partial charge in [0.15, 0.2) is 0 Å². The van der Waals surface area contributed by atoms with Gasteiger partial charge in [0, 0.05) is 31.1 Å². The van der Waals surface area contributed by atoms with Gasteiger partial charge >= 0.3 is 0 Å². The first-order valence-electron chi connectivity index (χ1n) is 6.89. The second-order valence-electron chi connectivity index (χ2n) is 5.79. The van der Waals surface area contributed by atoms with Crippen LogP contribution in [0.2, 0.25) is 0 Å². The summed E-state index contributed by atoms with van der Waals surface area (Å²) in [6.45, 7) is 7.02. The van der Waals surface area contributed by atoms with Gasteiger partial charge < -0.3 is 5.11 Å². The van der Waals surface area contributed by atoms with Crippen LogP contribution in [0.25, 0.3) is 0 Å². The van der Waals surface area contributed by atoms with Gasteiger partial charge in [-0.2, -0.15) is 0 Å². The molecule has 1 aromatic heterocycles. The van der Waals surface area contributed by atoms with Crippen LogP contribution in [-0.4, -0.2) is 33.7 Å². The van der Waals surface area contributed by atoms with Gasteiger partial charge in [0.2, 0.25) is 0 Å². The normalized spacial score (nSPS) is 24.1. The number of hydrogen-bond acceptors (Lipinski definition) is 3. The number of pyridine rings is 1. The minimum atomic E-state index is 0.164. The fourth-order valence-corrected chi connectivity index (χ4v) is 3.08.